The van der Waals surface area contributed by atoms with Crippen molar-refractivity contribution in [2.45, 2.75) is 241 Å². The van der Waals surface area contributed by atoms with Crippen LogP contribution in [0, 0.1) is 11.3 Å². The molecule has 2 bridgehead atoms. The van der Waals surface area contributed by atoms with E-state index in [4.69, 9.17) is 22.6 Å². The number of nitrogens with zero attached hydrogens (tertiary/aromatic N) is 6. The summed E-state index contributed by atoms with van der Waals surface area (Å²) in [5, 5.41) is 49.8. The first-order chi connectivity index (χ1) is 65.0. The van der Waals surface area contributed by atoms with Crippen LogP contribution >= 0.6 is 11.8 Å². The summed E-state index contributed by atoms with van der Waals surface area (Å²) in [7, 11) is 5.35. The fourth-order valence-electron chi connectivity index (χ4n) is 17.1. The molecule has 3 fully saturated rings. The predicted molar refractivity (Wildman–Crippen MR) is 506 cm³/mol. The number of aromatic amines is 3. The van der Waals surface area contributed by atoms with Gasteiger partial charge in [-0.1, -0.05) is 145 Å². The maximum absolute atomic E-state index is 15.9. The molecule has 3 aliphatic heterocycles. The van der Waals surface area contributed by atoms with Crippen LogP contribution in [0.5, 0.6) is 0 Å². The molecule has 0 aliphatic carbocycles. The van der Waals surface area contributed by atoms with Crippen LogP contribution in [0.15, 0.2) is 104 Å². The maximum Gasteiger partial charge on any atom is 0.246 e. The van der Waals surface area contributed by atoms with E-state index in [1.165, 1.54) is 57.4 Å². The van der Waals surface area contributed by atoms with Crippen LogP contribution in [-0.2, 0) is 107 Å². The van der Waals surface area contributed by atoms with E-state index in [1.807, 2.05) is 0 Å². The molecule has 13 atom stereocenters. The second kappa shape index (κ2) is 52.4. The summed E-state index contributed by atoms with van der Waals surface area (Å²) in [5.41, 5.74) is 20.2. The summed E-state index contributed by atoms with van der Waals surface area (Å²) in [6.45, 7) is 2.27. The molecule has 0 radical (unpaired) electrons. The maximum atomic E-state index is 15.9. The molecule has 1 unspecified atom stereocenters. The van der Waals surface area contributed by atoms with Crippen molar-refractivity contribution in [3.63, 3.8) is 0 Å². The molecular formula is C93H132N24O18S. The minimum absolute atomic E-state index is 0.00813. The Hall–Kier alpha value is -13.5. The molecule has 17 amide bonds. The lowest BCUT2D eigenvalue weighted by atomic mass is 9.98. The SMILES string of the molecule is CC(C)C[C@@H]1NC(=O)[C@H](Cc2cnc[nH]2)NC(=O)[C@@H]2CCCN2C(=O)[C@H](CC(N)=O)NC(=O)[C@H](C)N(C)C(=O)[C@H](Cc2ccccc2)NC(=O)CSC[C@@H](C(=O)NCC(N)=O)NC(=O)[C@H](CCCNC(=N)N)NC(=O)C2CCCCCCCCCCCC[C@@H](C(=O)N2C)N(C)C(=O)[C@H](Cc2c[nH]c3ccccc23)NC(=O)[C@H](CO)NC(=O)[C@H](Cc2c[nH]c3ccccc23)NC(=O)CN(C)C1=O. The number of aliphatic hydroxyl groups excluding tert-OH is 1. The predicted octanol–water partition coefficient (Wildman–Crippen LogP) is -0.823. The number of guanidine groups is 1. The molecule has 3 aliphatic rings. The summed E-state index contributed by atoms with van der Waals surface area (Å²) in [4.78, 5) is 269. The van der Waals surface area contributed by atoms with Crippen molar-refractivity contribution in [1.82, 2.24) is 103 Å². The van der Waals surface area contributed by atoms with Crippen LogP contribution < -0.4 is 75.7 Å². The van der Waals surface area contributed by atoms with Gasteiger partial charge in [0.2, 0.25) is 100 Å². The molecule has 6 aromatic rings. The minimum atomic E-state index is -1.85. The van der Waals surface area contributed by atoms with E-state index in [1.54, 1.807) is 105 Å². The third-order valence-corrected chi connectivity index (χ3v) is 25.7. The fraction of sp³-hybridized carbons (Fsp3) is 0.538. The van der Waals surface area contributed by atoms with Gasteiger partial charge in [-0.05, 0) is 86.6 Å². The Bertz CT molecular complexity index is 5170. The molecule has 738 valence electrons. The zero-order chi connectivity index (χ0) is 98.8. The van der Waals surface area contributed by atoms with Gasteiger partial charge in [0.15, 0.2) is 5.96 Å². The minimum Gasteiger partial charge on any atom is -0.394 e. The highest BCUT2D eigenvalue weighted by molar-refractivity contribution is 8.00. The molecule has 3 aromatic carbocycles. The van der Waals surface area contributed by atoms with Gasteiger partial charge < -0.3 is 120 Å². The van der Waals surface area contributed by atoms with E-state index < -0.39 is 223 Å². The Morgan fingerprint density at radius 3 is 1.60 bits per heavy atom. The Morgan fingerprint density at radius 1 is 0.500 bits per heavy atom. The summed E-state index contributed by atoms with van der Waals surface area (Å²) < 4.78 is 0. The number of H-pyrrole nitrogens is 3. The number of carbonyl (C=O) groups excluding carboxylic acids is 17. The van der Waals surface area contributed by atoms with Crippen LogP contribution in [0.4, 0.5) is 0 Å². The molecule has 6 heterocycles. The van der Waals surface area contributed by atoms with Gasteiger partial charge in [0.1, 0.15) is 78.5 Å². The number of primary amides is 2. The van der Waals surface area contributed by atoms with E-state index in [0.29, 0.717) is 69.9 Å². The molecule has 9 rings (SSSR count). The van der Waals surface area contributed by atoms with Crippen molar-refractivity contribution < 1.29 is 86.6 Å². The second-order valence-electron chi connectivity index (χ2n) is 35.5. The van der Waals surface area contributed by atoms with E-state index in [-0.39, 0.29) is 89.6 Å². The molecule has 136 heavy (non-hydrogen) atoms. The van der Waals surface area contributed by atoms with Gasteiger partial charge in [-0.3, -0.25) is 86.9 Å². The summed E-state index contributed by atoms with van der Waals surface area (Å²) in [5.74, 6) is -16.9. The Labute approximate surface area is 793 Å². The molecule has 43 heteroatoms. The standard InChI is InChI=1S/C93H132N24O18S/c1-54(2)39-67-88(131)113(4)49-78(121)104-65(41-57-45-100-62-31-23-21-29-60(57)62)83(126)111-71(50-118)85(128)110-69(42-58-46-101-63-32-24-22-30-61(58)63)90(133)116(7)75-35-20-15-13-11-9-8-10-12-14-19-34-73(115(6)92(75)135)86(129)106-64(33-25-37-99-93(96)97)82(125)112-72(81(124)102-48-77(95)120)51-136-52-79(122)105-68(40-56-27-17-16-18-28-56)89(132)114(5)55(3)80(123)108-70(44-76(94)119)91(134)117-38-26-36-74(117)87(130)107-66(84(127)109-67)43-59-47-98-53-103-59/h16-18,21-24,27-32,45-47,53-55,64-75,100-101,118H,8-15,19-20,25-26,33-44,48-52H2,1-7H3,(H2,94,119)(H2,95,120)(H,98,103)(H,102,124)(H,104,121)(H,105,122)(H,106,129)(H,107,130)(H,108,123)(H,109,127)(H,110,128)(H,111,126)(H,112,125)(H4,96,97,99)/t55-,64-,65-,66-,67-,68-,69-,70-,71-,72-,73?,74-,75-/m0/s1. The molecule has 3 aromatic heterocycles. The first-order valence-corrected chi connectivity index (χ1v) is 47.4. The largest absolute Gasteiger partial charge is 0.394 e. The number of nitrogens with two attached hydrogens (primary N) is 3. The molecular weight excluding hydrogens is 1770 g/mol. The van der Waals surface area contributed by atoms with Crippen molar-refractivity contribution in [3.8, 4) is 0 Å². The number of amides is 17. The number of hydrogen-bond donors (Lipinski definition) is 19. The Kier molecular flexibility index (Phi) is 40.9. The van der Waals surface area contributed by atoms with Crippen LogP contribution in [0.1, 0.15) is 159 Å². The van der Waals surface area contributed by atoms with Crippen molar-refractivity contribution in [2.75, 3.05) is 72.5 Å². The average Bonchev–Trinajstić information content (AvgIpc) is 1.73. The first kappa shape index (κ1) is 106. The van der Waals surface area contributed by atoms with Crippen molar-refractivity contribution in [2.24, 2.45) is 23.1 Å². The normalized spacial score (nSPS) is 24.4. The van der Waals surface area contributed by atoms with Gasteiger partial charge in [0, 0.05) is 119 Å². The number of aromatic nitrogens is 4. The smallest absolute Gasteiger partial charge is 0.246 e. The van der Waals surface area contributed by atoms with Gasteiger partial charge in [-0.2, -0.15) is 0 Å². The number of nitrogens with one attached hydrogen (secondary N) is 15. The highest BCUT2D eigenvalue weighted by Gasteiger charge is 2.44. The number of rotatable bonds is 20. The Morgan fingerprint density at radius 2 is 1.01 bits per heavy atom. The number of likely N-dealkylation sites (N-methyl/N-ethyl adjacent to an activating group) is 4. The highest BCUT2D eigenvalue weighted by Crippen LogP contribution is 2.27. The average molecular weight is 1910 g/mol. The molecule has 3 saturated heterocycles. The molecule has 22 N–H and O–H groups in total. The van der Waals surface area contributed by atoms with E-state index in [0.717, 1.165) is 65.0 Å². The van der Waals surface area contributed by atoms with E-state index >= 15 is 28.8 Å². The first-order valence-electron chi connectivity index (χ1n) is 46.3. The van der Waals surface area contributed by atoms with Gasteiger partial charge >= 0.3 is 0 Å². The third-order valence-electron chi connectivity index (χ3n) is 24.7. The summed E-state index contributed by atoms with van der Waals surface area (Å²) in [6.07, 6.45) is 11.8. The number of aliphatic hydroxyl groups is 1. The van der Waals surface area contributed by atoms with E-state index in [9.17, 15) is 57.8 Å². The van der Waals surface area contributed by atoms with Crippen molar-refractivity contribution in [1.29, 1.82) is 5.41 Å². The zero-order valence-electron chi connectivity index (χ0n) is 78.1. The lowest BCUT2D eigenvalue weighted by molar-refractivity contribution is -0.149. The molecule has 0 spiro atoms. The monoisotopic (exact) mass is 1900 g/mol. The highest BCUT2D eigenvalue weighted by atomic mass is 32.2. The molecule has 42 nitrogen and oxygen atoms in total. The summed E-state index contributed by atoms with van der Waals surface area (Å²) >= 11 is 0.806. The molecule has 0 saturated carbocycles. The number of hydrogen-bond acceptors (Lipinski definition) is 21. The van der Waals surface area contributed by atoms with Gasteiger partial charge in [-0.15, -0.1) is 11.8 Å². The summed E-state index contributed by atoms with van der Waals surface area (Å²) in [6, 6.07) is 3.07. The third kappa shape index (κ3) is 31.3. The van der Waals surface area contributed by atoms with E-state index in [2.05, 4.69) is 78.4 Å². The van der Waals surface area contributed by atoms with Gasteiger partial charge in [-0.25, -0.2) is 4.98 Å². The number of thioether (sulfide) groups is 1. The van der Waals surface area contributed by atoms with Crippen LogP contribution in [0.3, 0.4) is 0 Å². The van der Waals surface area contributed by atoms with Gasteiger partial charge in [0.25, 0.3) is 0 Å². The lowest BCUT2D eigenvalue weighted by Gasteiger charge is -2.36. The number of carbonyl (C=O) groups is 17. The topological polar surface area (TPSA) is 621 Å². The zero-order valence-corrected chi connectivity index (χ0v) is 78.9. The van der Waals surface area contributed by atoms with Crippen LogP contribution in [0.25, 0.3) is 21.8 Å². The van der Waals surface area contributed by atoms with Crippen LogP contribution in [0.2, 0.25) is 0 Å². The van der Waals surface area contributed by atoms with Crippen molar-refractivity contribution >= 4 is 140 Å². The van der Waals surface area contributed by atoms with Crippen molar-refractivity contribution in [3.05, 3.63) is 126 Å². The second-order valence-corrected chi connectivity index (χ2v) is 36.5. The Balaban J connectivity index is 1.10. The lowest BCUT2D eigenvalue weighted by Crippen LogP contribution is -2.61. The van der Waals surface area contributed by atoms with Gasteiger partial charge in [0.05, 0.1) is 38.2 Å². The van der Waals surface area contributed by atoms with Crippen LogP contribution in [-0.4, -0.2) is 307 Å². The fourth-order valence-corrected chi connectivity index (χ4v) is 17.9. The number of imidazole rings is 1. The quantitative estimate of drug-likeness (QED) is 0.0252. The number of para-hydroxylation sites is 2. The number of benzene rings is 3. The number of fused-ring (bicyclic) bond motifs is 6.